The third-order valence-electron chi connectivity index (χ3n) is 3.90. The molecule has 1 aromatic heterocycles. The number of nitrogens with zero attached hydrogens (tertiary/aromatic N) is 3. The van der Waals surface area contributed by atoms with E-state index in [0.29, 0.717) is 23.9 Å². The van der Waals surface area contributed by atoms with Gasteiger partial charge in [-0.2, -0.15) is 0 Å². The van der Waals surface area contributed by atoms with Gasteiger partial charge in [0.2, 0.25) is 0 Å². The van der Waals surface area contributed by atoms with Gasteiger partial charge < -0.3 is 14.7 Å². The number of esters is 1. The summed E-state index contributed by atoms with van der Waals surface area (Å²) in [4.78, 5) is 13.9. The van der Waals surface area contributed by atoms with E-state index in [1.807, 2.05) is 4.90 Å². The maximum absolute atomic E-state index is 14.0. The third-order valence-corrected chi connectivity index (χ3v) is 4.13. The van der Waals surface area contributed by atoms with Gasteiger partial charge in [-0.3, -0.25) is 0 Å². The van der Waals surface area contributed by atoms with Crippen LogP contribution < -0.4 is 4.90 Å². The van der Waals surface area contributed by atoms with Gasteiger partial charge in [-0.1, -0.05) is 11.6 Å². The lowest BCUT2D eigenvalue weighted by atomic mass is 10.0. The molecule has 1 N–H and O–H groups in total. The lowest BCUT2D eigenvalue weighted by Gasteiger charge is -2.39. The van der Waals surface area contributed by atoms with E-state index in [-0.39, 0.29) is 29.3 Å². The maximum Gasteiger partial charge on any atom is 0.341 e. The summed E-state index contributed by atoms with van der Waals surface area (Å²) in [5.41, 5.74) is 0.542. The molecule has 6 nitrogen and oxygen atoms in total. The van der Waals surface area contributed by atoms with Gasteiger partial charge in [0.25, 0.3) is 0 Å². The molecule has 0 unspecified atom stereocenters. The first-order chi connectivity index (χ1) is 11.5. The van der Waals surface area contributed by atoms with Crippen molar-refractivity contribution >= 4 is 23.4 Å². The van der Waals surface area contributed by atoms with Crippen LogP contribution in [0.2, 0.25) is 5.02 Å². The number of carbonyl (C=O) groups is 1. The SMILES string of the molecule is COC(=O)c1cc(-c2cc(Cl)ccc2F)nnc1N1CC(CO)C1. The lowest BCUT2D eigenvalue weighted by molar-refractivity contribution is 0.0600. The van der Waals surface area contributed by atoms with Crippen molar-refractivity contribution in [3.63, 3.8) is 0 Å². The number of methoxy groups -OCH3 is 1. The highest BCUT2D eigenvalue weighted by atomic mass is 35.5. The number of halogens is 2. The molecule has 0 aliphatic carbocycles. The molecule has 0 bridgehead atoms. The molecular weight excluding hydrogens is 337 g/mol. The topological polar surface area (TPSA) is 75.5 Å². The fraction of sp³-hybridized carbons (Fsp3) is 0.312. The number of anilines is 1. The molecule has 1 aliphatic heterocycles. The number of hydrogen-bond donors (Lipinski definition) is 1. The predicted molar refractivity (Wildman–Crippen MR) is 86.6 cm³/mol. The van der Waals surface area contributed by atoms with Crippen LogP contribution in [0.1, 0.15) is 10.4 Å². The number of rotatable bonds is 4. The largest absolute Gasteiger partial charge is 0.465 e. The van der Waals surface area contributed by atoms with Gasteiger partial charge in [0.05, 0.1) is 12.8 Å². The van der Waals surface area contributed by atoms with Crippen LogP contribution in [0.15, 0.2) is 24.3 Å². The quantitative estimate of drug-likeness (QED) is 0.851. The average Bonchev–Trinajstić information content (AvgIpc) is 2.55. The lowest BCUT2D eigenvalue weighted by Crippen LogP contribution is -2.49. The Bertz CT molecular complexity index is 781. The Kier molecular flexibility index (Phi) is 4.64. The second-order valence-electron chi connectivity index (χ2n) is 5.54. The molecular formula is C16H15ClFN3O3. The van der Waals surface area contributed by atoms with Crippen molar-refractivity contribution in [1.29, 1.82) is 0 Å². The normalized spacial score (nSPS) is 14.4. The van der Waals surface area contributed by atoms with E-state index in [2.05, 4.69) is 10.2 Å². The van der Waals surface area contributed by atoms with Crippen molar-refractivity contribution in [3.8, 4) is 11.3 Å². The van der Waals surface area contributed by atoms with Crippen molar-refractivity contribution < 1.29 is 19.0 Å². The number of aliphatic hydroxyl groups is 1. The van der Waals surface area contributed by atoms with Gasteiger partial charge in [-0.15, -0.1) is 10.2 Å². The van der Waals surface area contributed by atoms with E-state index >= 15 is 0 Å². The van der Waals surface area contributed by atoms with E-state index in [1.54, 1.807) is 0 Å². The molecule has 1 fully saturated rings. The molecule has 0 amide bonds. The van der Waals surface area contributed by atoms with Crippen molar-refractivity contribution in [2.75, 3.05) is 31.7 Å². The molecule has 126 valence electrons. The molecule has 0 atom stereocenters. The second kappa shape index (κ2) is 6.70. The number of hydrogen-bond acceptors (Lipinski definition) is 6. The van der Waals surface area contributed by atoms with E-state index in [0.717, 1.165) is 0 Å². The van der Waals surface area contributed by atoms with Crippen LogP contribution in [0.25, 0.3) is 11.3 Å². The van der Waals surface area contributed by atoms with Gasteiger partial charge >= 0.3 is 5.97 Å². The van der Waals surface area contributed by atoms with Crippen molar-refractivity contribution in [1.82, 2.24) is 10.2 Å². The molecule has 1 aliphatic rings. The fourth-order valence-electron chi connectivity index (χ4n) is 2.56. The number of carbonyl (C=O) groups excluding carboxylic acids is 1. The molecule has 2 aromatic rings. The number of benzene rings is 1. The summed E-state index contributed by atoms with van der Waals surface area (Å²) >= 11 is 5.90. The first kappa shape index (κ1) is 16.6. The van der Waals surface area contributed by atoms with Crippen molar-refractivity contribution in [2.24, 2.45) is 5.92 Å². The summed E-state index contributed by atoms with van der Waals surface area (Å²) in [6.45, 7) is 1.21. The van der Waals surface area contributed by atoms with Crippen LogP contribution in [0.3, 0.4) is 0 Å². The molecule has 0 saturated carbocycles. The highest BCUT2D eigenvalue weighted by Gasteiger charge is 2.31. The van der Waals surface area contributed by atoms with Crippen LogP contribution in [0.5, 0.6) is 0 Å². The summed E-state index contributed by atoms with van der Waals surface area (Å²) in [5, 5.41) is 17.6. The standard InChI is InChI=1S/C16H15ClFN3O3/c1-24-16(23)12-5-14(11-4-10(17)2-3-13(11)18)19-20-15(12)21-6-9(7-21)8-22/h2-5,9,22H,6-8H2,1H3. The Hall–Kier alpha value is -2.25. The van der Waals surface area contributed by atoms with Gasteiger partial charge in [-0.05, 0) is 24.3 Å². The second-order valence-corrected chi connectivity index (χ2v) is 5.97. The Labute approximate surface area is 142 Å². The van der Waals surface area contributed by atoms with Gasteiger partial charge in [0.1, 0.15) is 11.4 Å². The minimum absolute atomic E-state index is 0.0727. The third kappa shape index (κ3) is 3.05. The Morgan fingerprint density at radius 1 is 1.42 bits per heavy atom. The number of ether oxygens (including phenoxy) is 1. The smallest absolute Gasteiger partial charge is 0.341 e. The zero-order valence-electron chi connectivity index (χ0n) is 12.9. The Morgan fingerprint density at radius 3 is 2.83 bits per heavy atom. The Morgan fingerprint density at radius 2 is 2.17 bits per heavy atom. The predicted octanol–water partition coefficient (Wildman–Crippen LogP) is 2.15. The number of aliphatic hydroxyl groups excluding tert-OH is 1. The van der Waals surface area contributed by atoms with Crippen molar-refractivity contribution in [3.05, 3.63) is 40.7 Å². The molecule has 8 heteroatoms. The highest BCUT2D eigenvalue weighted by molar-refractivity contribution is 6.30. The summed E-state index contributed by atoms with van der Waals surface area (Å²) in [5.74, 6) is -0.599. The zero-order valence-corrected chi connectivity index (χ0v) is 13.6. The highest BCUT2D eigenvalue weighted by Crippen LogP contribution is 2.30. The summed E-state index contributed by atoms with van der Waals surface area (Å²) in [7, 11) is 1.26. The van der Waals surface area contributed by atoms with E-state index in [4.69, 9.17) is 21.4 Å². The summed E-state index contributed by atoms with van der Waals surface area (Å²) in [6.07, 6.45) is 0. The average molecular weight is 352 g/mol. The van der Waals surface area contributed by atoms with Crippen molar-refractivity contribution in [2.45, 2.75) is 0 Å². The van der Waals surface area contributed by atoms with Crippen LogP contribution >= 0.6 is 11.6 Å². The van der Waals surface area contributed by atoms with Crippen LogP contribution in [-0.2, 0) is 4.74 Å². The number of aromatic nitrogens is 2. The summed E-state index contributed by atoms with van der Waals surface area (Å²) < 4.78 is 18.8. The molecule has 2 heterocycles. The van der Waals surface area contributed by atoms with Crippen LogP contribution in [-0.4, -0.2) is 48.1 Å². The van der Waals surface area contributed by atoms with E-state index < -0.39 is 11.8 Å². The van der Waals surface area contributed by atoms with E-state index in [1.165, 1.54) is 31.4 Å². The zero-order chi connectivity index (χ0) is 17.3. The first-order valence-electron chi connectivity index (χ1n) is 7.30. The maximum atomic E-state index is 14.0. The fourth-order valence-corrected chi connectivity index (χ4v) is 2.73. The molecule has 3 rings (SSSR count). The molecule has 0 radical (unpaired) electrons. The Balaban J connectivity index is 2.02. The van der Waals surface area contributed by atoms with Gasteiger partial charge in [-0.25, -0.2) is 9.18 Å². The minimum Gasteiger partial charge on any atom is -0.465 e. The van der Waals surface area contributed by atoms with Gasteiger partial charge in [0.15, 0.2) is 5.82 Å². The molecule has 1 aromatic carbocycles. The molecule has 1 saturated heterocycles. The monoisotopic (exact) mass is 351 g/mol. The first-order valence-corrected chi connectivity index (χ1v) is 7.68. The van der Waals surface area contributed by atoms with Gasteiger partial charge in [0, 0.05) is 36.2 Å². The summed E-state index contributed by atoms with van der Waals surface area (Å²) in [6, 6.07) is 5.52. The van der Waals surface area contributed by atoms with Crippen LogP contribution in [0.4, 0.5) is 10.2 Å². The van der Waals surface area contributed by atoms with E-state index in [9.17, 15) is 9.18 Å². The minimum atomic E-state index is -0.587. The molecule has 0 spiro atoms. The van der Waals surface area contributed by atoms with Crippen LogP contribution in [0, 0.1) is 11.7 Å². The molecule has 24 heavy (non-hydrogen) atoms.